The van der Waals surface area contributed by atoms with E-state index in [9.17, 15) is 0 Å². The lowest BCUT2D eigenvalue weighted by Crippen LogP contribution is -1.96. The summed E-state index contributed by atoms with van der Waals surface area (Å²) in [6, 6.07) is 12.8. The predicted octanol–water partition coefficient (Wildman–Crippen LogP) is 6.50. The molecule has 1 nitrogen and oxygen atoms in total. The zero-order chi connectivity index (χ0) is 15.6. The van der Waals surface area contributed by atoms with Crippen molar-refractivity contribution in [2.24, 2.45) is 0 Å². The van der Waals surface area contributed by atoms with E-state index in [1.807, 2.05) is 0 Å². The van der Waals surface area contributed by atoms with E-state index in [1.54, 1.807) is 0 Å². The van der Waals surface area contributed by atoms with E-state index >= 15 is 0 Å². The first-order chi connectivity index (χ1) is 10.8. The fraction of sp³-hybridized carbons (Fsp3) is 0.524. The molecule has 0 aliphatic heterocycles. The van der Waals surface area contributed by atoms with E-state index in [0.717, 1.165) is 12.1 Å². The van der Waals surface area contributed by atoms with Gasteiger partial charge in [0.25, 0.3) is 0 Å². The number of fused-ring (bicyclic) bond motifs is 1. The standard InChI is InChI=1S/C21H31N/c1-2-3-4-5-6-7-8-9-10-15-20-19-14-12-11-13-18(19)16-17-21(20)22/h11-14,16-17H,2-10,15,22H2,1H3. The normalized spacial score (nSPS) is 11.1. The van der Waals surface area contributed by atoms with Gasteiger partial charge in [0, 0.05) is 5.69 Å². The third kappa shape index (κ3) is 5.05. The Balaban J connectivity index is 1.72. The van der Waals surface area contributed by atoms with Gasteiger partial charge in [0.15, 0.2) is 0 Å². The molecular formula is C21H31N. The zero-order valence-corrected chi connectivity index (χ0v) is 14.1. The quantitative estimate of drug-likeness (QED) is 0.393. The second kappa shape index (κ2) is 9.50. The predicted molar refractivity (Wildman–Crippen MR) is 99.3 cm³/mol. The molecule has 0 spiro atoms. The summed E-state index contributed by atoms with van der Waals surface area (Å²) in [6.45, 7) is 2.28. The monoisotopic (exact) mass is 297 g/mol. The minimum Gasteiger partial charge on any atom is -0.398 e. The number of anilines is 1. The Bertz CT molecular complexity index is 559. The highest BCUT2D eigenvalue weighted by Crippen LogP contribution is 2.26. The van der Waals surface area contributed by atoms with Gasteiger partial charge in [-0.2, -0.15) is 0 Å². The molecule has 0 aliphatic carbocycles. The molecule has 0 atom stereocenters. The van der Waals surface area contributed by atoms with Crippen molar-refractivity contribution < 1.29 is 0 Å². The van der Waals surface area contributed by atoms with Gasteiger partial charge < -0.3 is 5.73 Å². The average Bonchev–Trinajstić information content (AvgIpc) is 2.55. The van der Waals surface area contributed by atoms with Gasteiger partial charge in [-0.1, -0.05) is 88.6 Å². The van der Waals surface area contributed by atoms with Gasteiger partial charge >= 0.3 is 0 Å². The van der Waals surface area contributed by atoms with Gasteiger partial charge in [-0.15, -0.1) is 0 Å². The molecule has 0 saturated carbocycles. The lowest BCUT2D eigenvalue weighted by Gasteiger charge is -2.10. The van der Waals surface area contributed by atoms with E-state index in [-0.39, 0.29) is 0 Å². The number of aryl methyl sites for hydroxylation is 1. The number of hydrogen-bond donors (Lipinski definition) is 1. The Labute approximate surface area is 135 Å². The molecule has 0 fully saturated rings. The second-order valence-electron chi connectivity index (χ2n) is 6.43. The summed E-state index contributed by atoms with van der Waals surface area (Å²) >= 11 is 0. The first kappa shape index (κ1) is 16.9. The van der Waals surface area contributed by atoms with Gasteiger partial charge in [-0.25, -0.2) is 0 Å². The van der Waals surface area contributed by atoms with E-state index in [4.69, 9.17) is 5.73 Å². The summed E-state index contributed by atoms with van der Waals surface area (Å²) in [5.74, 6) is 0. The fourth-order valence-electron chi connectivity index (χ4n) is 3.24. The van der Waals surface area contributed by atoms with Crippen molar-refractivity contribution in [2.45, 2.75) is 71.1 Å². The average molecular weight is 297 g/mol. The Hall–Kier alpha value is -1.50. The molecule has 2 aromatic carbocycles. The van der Waals surface area contributed by atoms with Crippen LogP contribution >= 0.6 is 0 Å². The van der Waals surface area contributed by atoms with Crippen LogP contribution in [0.1, 0.15) is 70.3 Å². The highest BCUT2D eigenvalue weighted by atomic mass is 14.6. The smallest absolute Gasteiger partial charge is 0.0353 e. The fourth-order valence-corrected chi connectivity index (χ4v) is 3.24. The molecule has 120 valence electrons. The van der Waals surface area contributed by atoms with Crippen LogP contribution in [0.3, 0.4) is 0 Å². The number of benzene rings is 2. The number of unbranched alkanes of at least 4 members (excludes halogenated alkanes) is 8. The molecule has 0 saturated heterocycles. The van der Waals surface area contributed by atoms with Gasteiger partial charge in [-0.3, -0.25) is 0 Å². The van der Waals surface area contributed by atoms with E-state index in [1.165, 1.54) is 74.1 Å². The summed E-state index contributed by atoms with van der Waals surface area (Å²) in [5, 5.41) is 2.64. The molecule has 2 aromatic rings. The molecule has 0 radical (unpaired) electrons. The van der Waals surface area contributed by atoms with Crippen LogP contribution in [0.2, 0.25) is 0 Å². The molecule has 0 aliphatic rings. The van der Waals surface area contributed by atoms with Crippen molar-refractivity contribution in [1.82, 2.24) is 0 Å². The maximum absolute atomic E-state index is 6.20. The van der Waals surface area contributed by atoms with Crippen LogP contribution in [0.25, 0.3) is 10.8 Å². The van der Waals surface area contributed by atoms with Gasteiger partial charge in [0.2, 0.25) is 0 Å². The van der Waals surface area contributed by atoms with Crippen molar-refractivity contribution in [3.8, 4) is 0 Å². The summed E-state index contributed by atoms with van der Waals surface area (Å²) in [5.41, 5.74) is 8.50. The molecule has 0 aromatic heterocycles. The Kier molecular flexibility index (Phi) is 7.28. The van der Waals surface area contributed by atoms with Crippen LogP contribution < -0.4 is 5.73 Å². The number of hydrogen-bond acceptors (Lipinski definition) is 1. The summed E-state index contributed by atoms with van der Waals surface area (Å²) in [7, 11) is 0. The Morgan fingerprint density at radius 3 is 2.09 bits per heavy atom. The molecule has 2 rings (SSSR count). The minimum atomic E-state index is 0.957. The second-order valence-corrected chi connectivity index (χ2v) is 6.43. The van der Waals surface area contributed by atoms with Crippen LogP contribution in [0, 0.1) is 0 Å². The maximum Gasteiger partial charge on any atom is 0.0353 e. The number of rotatable bonds is 10. The molecule has 1 heteroatoms. The lowest BCUT2D eigenvalue weighted by atomic mass is 9.97. The van der Waals surface area contributed by atoms with Crippen LogP contribution in [0.5, 0.6) is 0 Å². The number of nitrogen functional groups attached to an aromatic ring is 1. The highest BCUT2D eigenvalue weighted by molar-refractivity contribution is 5.89. The SMILES string of the molecule is CCCCCCCCCCCc1c(N)ccc2ccccc12. The maximum atomic E-state index is 6.20. The molecule has 22 heavy (non-hydrogen) atoms. The van der Waals surface area contributed by atoms with Gasteiger partial charge in [0.05, 0.1) is 0 Å². The molecule has 2 N–H and O–H groups in total. The third-order valence-corrected chi connectivity index (χ3v) is 4.61. The summed E-state index contributed by atoms with van der Waals surface area (Å²) < 4.78 is 0. The molecule has 0 amide bonds. The van der Waals surface area contributed by atoms with Crippen LogP contribution in [0.15, 0.2) is 36.4 Å². The topological polar surface area (TPSA) is 26.0 Å². The first-order valence-corrected chi connectivity index (χ1v) is 9.09. The molecule has 0 bridgehead atoms. The third-order valence-electron chi connectivity index (χ3n) is 4.61. The Morgan fingerprint density at radius 2 is 1.36 bits per heavy atom. The lowest BCUT2D eigenvalue weighted by molar-refractivity contribution is 0.565. The van der Waals surface area contributed by atoms with Gasteiger partial charge in [0.1, 0.15) is 0 Å². The summed E-state index contributed by atoms with van der Waals surface area (Å²) in [6.07, 6.45) is 13.5. The largest absolute Gasteiger partial charge is 0.398 e. The van der Waals surface area contributed by atoms with Crippen molar-refractivity contribution in [1.29, 1.82) is 0 Å². The molecule has 0 heterocycles. The molecular weight excluding hydrogens is 266 g/mol. The van der Waals surface area contributed by atoms with Crippen molar-refractivity contribution in [3.63, 3.8) is 0 Å². The zero-order valence-electron chi connectivity index (χ0n) is 14.1. The van der Waals surface area contributed by atoms with E-state index < -0.39 is 0 Å². The highest BCUT2D eigenvalue weighted by Gasteiger charge is 2.04. The van der Waals surface area contributed by atoms with Crippen LogP contribution in [-0.4, -0.2) is 0 Å². The van der Waals surface area contributed by atoms with Gasteiger partial charge in [-0.05, 0) is 35.2 Å². The van der Waals surface area contributed by atoms with Crippen LogP contribution in [0.4, 0.5) is 5.69 Å². The van der Waals surface area contributed by atoms with Crippen molar-refractivity contribution >= 4 is 16.5 Å². The van der Waals surface area contributed by atoms with Crippen molar-refractivity contribution in [3.05, 3.63) is 42.0 Å². The Morgan fingerprint density at radius 1 is 0.727 bits per heavy atom. The minimum absolute atomic E-state index is 0.957. The van der Waals surface area contributed by atoms with E-state index in [2.05, 4.69) is 43.3 Å². The first-order valence-electron chi connectivity index (χ1n) is 9.09. The van der Waals surface area contributed by atoms with Crippen molar-refractivity contribution in [2.75, 3.05) is 5.73 Å². The van der Waals surface area contributed by atoms with Crippen LogP contribution in [-0.2, 0) is 6.42 Å². The van der Waals surface area contributed by atoms with E-state index in [0.29, 0.717) is 0 Å². The number of nitrogens with two attached hydrogens (primary N) is 1. The molecule has 0 unspecified atom stereocenters. The summed E-state index contributed by atoms with van der Waals surface area (Å²) in [4.78, 5) is 0.